The van der Waals surface area contributed by atoms with Gasteiger partial charge in [-0.25, -0.2) is 0 Å². The number of fused-ring (bicyclic) bond motifs is 1. The minimum atomic E-state index is -0.157. The second-order valence-corrected chi connectivity index (χ2v) is 4.35. The second kappa shape index (κ2) is 4.84. The lowest BCUT2D eigenvalue weighted by Gasteiger charge is -2.22. The highest BCUT2D eigenvalue weighted by molar-refractivity contribution is 6.31. The number of rotatable bonds is 2. The van der Waals surface area contributed by atoms with Crippen molar-refractivity contribution in [3.05, 3.63) is 22.7 Å². The summed E-state index contributed by atoms with van der Waals surface area (Å²) in [5.74, 6) is 1.23. The Morgan fingerprint density at radius 1 is 1.35 bits per heavy atom. The van der Waals surface area contributed by atoms with Crippen molar-refractivity contribution in [1.29, 1.82) is 0 Å². The summed E-state index contributed by atoms with van der Waals surface area (Å²) >= 11 is 6.15. The van der Waals surface area contributed by atoms with Crippen LogP contribution in [0.2, 0.25) is 5.02 Å². The Balaban J connectivity index is 2.31. The number of hydrogen-bond donors (Lipinski definition) is 1. The van der Waals surface area contributed by atoms with E-state index in [-0.39, 0.29) is 11.9 Å². The maximum atomic E-state index is 11.0. The number of ether oxygens (including phenoxy) is 2. The van der Waals surface area contributed by atoms with Crippen LogP contribution < -0.4 is 14.8 Å². The van der Waals surface area contributed by atoms with Gasteiger partial charge in [0.05, 0.1) is 6.04 Å². The quantitative estimate of drug-likeness (QED) is 0.882. The molecule has 1 heterocycles. The van der Waals surface area contributed by atoms with E-state index in [1.807, 2.05) is 13.0 Å². The molecule has 0 aromatic heterocycles. The fourth-order valence-electron chi connectivity index (χ4n) is 1.79. The molecule has 2 rings (SSSR count). The first-order chi connectivity index (χ1) is 8.08. The maximum absolute atomic E-state index is 11.0. The second-order valence-electron chi connectivity index (χ2n) is 3.94. The number of amides is 1. The molecule has 17 heavy (non-hydrogen) atoms. The summed E-state index contributed by atoms with van der Waals surface area (Å²) in [5, 5.41) is 3.35. The van der Waals surface area contributed by atoms with Crippen LogP contribution in [-0.4, -0.2) is 19.1 Å². The zero-order chi connectivity index (χ0) is 12.4. The highest BCUT2D eigenvalue weighted by atomic mass is 35.5. The number of carbonyl (C=O) groups is 1. The van der Waals surface area contributed by atoms with E-state index < -0.39 is 0 Å². The highest BCUT2D eigenvalue weighted by Crippen LogP contribution is 2.37. The van der Waals surface area contributed by atoms with Gasteiger partial charge >= 0.3 is 0 Å². The number of hydrogen-bond acceptors (Lipinski definition) is 3. The van der Waals surface area contributed by atoms with Crippen molar-refractivity contribution in [3.8, 4) is 11.5 Å². The average molecular weight is 256 g/mol. The zero-order valence-electron chi connectivity index (χ0n) is 9.75. The molecule has 1 amide bonds. The van der Waals surface area contributed by atoms with E-state index in [0.29, 0.717) is 29.7 Å². The van der Waals surface area contributed by atoms with Crippen LogP contribution in [-0.2, 0) is 4.79 Å². The van der Waals surface area contributed by atoms with Gasteiger partial charge in [0.2, 0.25) is 5.91 Å². The Bertz CT molecular complexity index is 448. The van der Waals surface area contributed by atoms with Crippen molar-refractivity contribution >= 4 is 17.5 Å². The number of benzene rings is 1. The van der Waals surface area contributed by atoms with Gasteiger partial charge < -0.3 is 14.8 Å². The molecular formula is C12H14ClNO3. The molecule has 0 spiro atoms. The Labute approximate surface area is 105 Å². The Hall–Kier alpha value is -1.42. The van der Waals surface area contributed by atoms with Gasteiger partial charge in [0.1, 0.15) is 13.2 Å². The van der Waals surface area contributed by atoms with Crippen molar-refractivity contribution in [2.75, 3.05) is 13.2 Å². The summed E-state index contributed by atoms with van der Waals surface area (Å²) < 4.78 is 10.9. The van der Waals surface area contributed by atoms with Crippen molar-refractivity contribution in [1.82, 2.24) is 5.32 Å². The van der Waals surface area contributed by atoms with E-state index in [0.717, 1.165) is 5.56 Å². The molecule has 0 bridgehead atoms. The molecule has 1 atom stereocenters. The molecule has 4 nitrogen and oxygen atoms in total. The molecule has 0 saturated heterocycles. The summed E-state index contributed by atoms with van der Waals surface area (Å²) in [4.78, 5) is 11.0. The van der Waals surface area contributed by atoms with E-state index >= 15 is 0 Å². The SMILES string of the molecule is CC(=O)NC(C)c1cc2c(cc1Cl)OCCO2. The van der Waals surface area contributed by atoms with Gasteiger partial charge in [-0.1, -0.05) is 11.6 Å². The van der Waals surface area contributed by atoms with Gasteiger partial charge in [-0.05, 0) is 18.6 Å². The molecule has 1 aliphatic rings. The van der Waals surface area contributed by atoms with Crippen LogP contribution in [0.15, 0.2) is 12.1 Å². The molecule has 1 unspecified atom stereocenters. The van der Waals surface area contributed by atoms with Crippen LogP contribution in [0.4, 0.5) is 0 Å². The van der Waals surface area contributed by atoms with Gasteiger partial charge in [0.15, 0.2) is 11.5 Å². The minimum Gasteiger partial charge on any atom is -0.486 e. The number of halogens is 1. The summed E-state index contributed by atoms with van der Waals surface area (Å²) in [5.41, 5.74) is 0.825. The van der Waals surface area contributed by atoms with E-state index in [1.54, 1.807) is 6.07 Å². The van der Waals surface area contributed by atoms with Gasteiger partial charge in [-0.15, -0.1) is 0 Å². The monoisotopic (exact) mass is 255 g/mol. The maximum Gasteiger partial charge on any atom is 0.217 e. The Morgan fingerprint density at radius 2 is 1.94 bits per heavy atom. The topological polar surface area (TPSA) is 47.6 Å². The average Bonchev–Trinajstić information content (AvgIpc) is 2.27. The van der Waals surface area contributed by atoms with Crippen LogP contribution >= 0.6 is 11.6 Å². The molecule has 0 saturated carbocycles. The molecule has 1 aliphatic heterocycles. The first kappa shape index (κ1) is 12.0. The first-order valence-electron chi connectivity index (χ1n) is 5.44. The highest BCUT2D eigenvalue weighted by Gasteiger charge is 2.18. The van der Waals surface area contributed by atoms with Gasteiger partial charge in [0.25, 0.3) is 0 Å². The predicted octanol–water partition coefficient (Wildman–Crippen LogP) is 2.31. The number of carbonyl (C=O) groups excluding carboxylic acids is 1. The molecule has 5 heteroatoms. The molecule has 0 radical (unpaired) electrons. The van der Waals surface area contributed by atoms with Crippen LogP contribution in [0.5, 0.6) is 11.5 Å². The first-order valence-corrected chi connectivity index (χ1v) is 5.82. The van der Waals surface area contributed by atoms with Crippen LogP contribution in [0.25, 0.3) is 0 Å². The fourth-order valence-corrected chi connectivity index (χ4v) is 2.11. The third-order valence-electron chi connectivity index (χ3n) is 2.55. The summed E-state index contributed by atoms with van der Waals surface area (Å²) in [7, 11) is 0. The van der Waals surface area contributed by atoms with Crippen LogP contribution in [0.3, 0.4) is 0 Å². The molecular weight excluding hydrogens is 242 g/mol. The van der Waals surface area contributed by atoms with Gasteiger partial charge in [0, 0.05) is 18.0 Å². The van der Waals surface area contributed by atoms with E-state index in [1.165, 1.54) is 6.92 Å². The zero-order valence-corrected chi connectivity index (χ0v) is 10.5. The van der Waals surface area contributed by atoms with E-state index in [2.05, 4.69) is 5.32 Å². The van der Waals surface area contributed by atoms with E-state index in [4.69, 9.17) is 21.1 Å². The smallest absolute Gasteiger partial charge is 0.217 e. The van der Waals surface area contributed by atoms with Crippen molar-refractivity contribution in [2.24, 2.45) is 0 Å². The summed E-state index contributed by atoms with van der Waals surface area (Å²) in [6, 6.07) is 3.39. The molecule has 92 valence electrons. The standard InChI is InChI=1S/C12H14ClNO3/c1-7(14-8(2)15)9-5-11-12(6-10(9)13)17-4-3-16-11/h5-7H,3-4H2,1-2H3,(H,14,15). The molecule has 0 fully saturated rings. The van der Waals surface area contributed by atoms with Crippen LogP contribution in [0, 0.1) is 0 Å². The normalized spacial score (nSPS) is 15.2. The van der Waals surface area contributed by atoms with Gasteiger partial charge in [-0.3, -0.25) is 4.79 Å². The fraction of sp³-hybridized carbons (Fsp3) is 0.417. The summed E-state index contributed by atoms with van der Waals surface area (Å²) in [6.45, 7) is 4.41. The van der Waals surface area contributed by atoms with E-state index in [9.17, 15) is 4.79 Å². The lowest BCUT2D eigenvalue weighted by Crippen LogP contribution is -2.24. The van der Waals surface area contributed by atoms with Crippen molar-refractivity contribution in [2.45, 2.75) is 19.9 Å². The third kappa shape index (κ3) is 2.64. The largest absolute Gasteiger partial charge is 0.486 e. The molecule has 1 N–H and O–H groups in total. The van der Waals surface area contributed by atoms with Crippen molar-refractivity contribution < 1.29 is 14.3 Å². The van der Waals surface area contributed by atoms with Crippen molar-refractivity contribution in [3.63, 3.8) is 0 Å². The van der Waals surface area contributed by atoms with Crippen LogP contribution in [0.1, 0.15) is 25.5 Å². The molecule has 1 aromatic carbocycles. The Morgan fingerprint density at radius 3 is 2.53 bits per heavy atom. The lowest BCUT2D eigenvalue weighted by atomic mass is 10.1. The molecule has 1 aromatic rings. The third-order valence-corrected chi connectivity index (χ3v) is 2.88. The molecule has 0 aliphatic carbocycles. The number of nitrogens with one attached hydrogen (secondary N) is 1. The van der Waals surface area contributed by atoms with Gasteiger partial charge in [-0.2, -0.15) is 0 Å². The summed E-state index contributed by atoms with van der Waals surface area (Å²) in [6.07, 6.45) is 0. The lowest BCUT2D eigenvalue weighted by molar-refractivity contribution is -0.119. The minimum absolute atomic E-state index is 0.0940. The predicted molar refractivity (Wildman–Crippen MR) is 64.7 cm³/mol. The Kier molecular flexibility index (Phi) is 3.43.